The SMILES string of the molecule is CC(C)(C)OC(=O)N1CCC([C@]2(C(N)=O)CC[C@@H]3CN2C(=O)N3OCc2ccccc2)CC1. The first-order valence-electron chi connectivity index (χ1n) is 11.7. The van der Waals surface area contributed by atoms with E-state index in [2.05, 4.69) is 0 Å². The van der Waals surface area contributed by atoms with Gasteiger partial charge >= 0.3 is 12.1 Å². The molecule has 0 aromatic heterocycles. The van der Waals surface area contributed by atoms with Crippen LogP contribution in [0.5, 0.6) is 0 Å². The third kappa shape index (κ3) is 4.51. The predicted molar refractivity (Wildman–Crippen MR) is 121 cm³/mol. The monoisotopic (exact) mass is 458 g/mol. The number of piperidine rings is 2. The molecule has 2 N–H and O–H groups in total. The van der Waals surface area contributed by atoms with Gasteiger partial charge in [-0.3, -0.25) is 9.63 Å². The molecule has 2 atom stereocenters. The highest BCUT2D eigenvalue weighted by Gasteiger charge is 2.60. The van der Waals surface area contributed by atoms with E-state index in [0.717, 1.165) is 5.56 Å². The number of carbonyl (C=O) groups excluding carboxylic acids is 3. The van der Waals surface area contributed by atoms with Gasteiger partial charge in [0.15, 0.2) is 0 Å². The van der Waals surface area contributed by atoms with E-state index in [-0.39, 0.29) is 30.7 Å². The maximum Gasteiger partial charge on any atom is 0.410 e. The van der Waals surface area contributed by atoms with Crippen LogP contribution in [0.4, 0.5) is 9.59 Å². The summed E-state index contributed by atoms with van der Waals surface area (Å²) in [7, 11) is 0. The summed E-state index contributed by atoms with van der Waals surface area (Å²) in [6.45, 7) is 7.15. The number of nitrogens with zero attached hydrogens (tertiary/aromatic N) is 3. The number of ether oxygens (including phenoxy) is 1. The number of rotatable bonds is 5. The quantitative estimate of drug-likeness (QED) is 0.730. The minimum Gasteiger partial charge on any atom is -0.444 e. The van der Waals surface area contributed by atoms with Crippen molar-refractivity contribution < 1.29 is 24.0 Å². The van der Waals surface area contributed by atoms with Crippen molar-refractivity contribution in [1.29, 1.82) is 0 Å². The van der Waals surface area contributed by atoms with E-state index >= 15 is 0 Å². The molecule has 4 rings (SSSR count). The molecule has 3 heterocycles. The van der Waals surface area contributed by atoms with E-state index < -0.39 is 17.0 Å². The van der Waals surface area contributed by atoms with Crippen molar-refractivity contribution in [3.05, 3.63) is 35.9 Å². The molecule has 3 aliphatic heterocycles. The highest BCUT2D eigenvalue weighted by molar-refractivity contribution is 5.91. The van der Waals surface area contributed by atoms with Gasteiger partial charge in [0.25, 0.3) is 0 Å². The molecule has 0 aliphatic carbocycles. The fourth-order valence-electron chi connectivity index (χ4n) is 5.33. The zero-order chi connectivity index (χ0) is 23.8. The molecule has 3 fully saturated rings. The summed E-state index contributed by atoms with van der Waals surface area (Å²) in [5.74, 6) is -0.595. The van der Waals surface area contributed by atoms with Gasteiger partial charge in [0.2, 0.25) is 5.91 Å². The fourth-order valence-corrected chi connectivity index (χ4v) is 5.33. The lowest BCUT2D eigenvalue weighted by atomic mass is 9.71. The summed E-state index contributed by atoms with van der Waals surface area (Å²) in [4.78, 5) is 47.8. The van der Waals surface area contributed by atoms with Gasteiger partial charge in [-0.15, -0.1) is 0 Å². The number of carbonyl (C=O) groups is 3. The van der Waals surface area contributed by atoms with Gasteiger partial charge in [0.1, 0.15) is 17.7 Å². The molecule has 180 valence electrons. The minimum absolute atomic E-state index is 0.101. The van der Waals surface area contributed by atoms with E-state index in [4.69, 9.17) is 15.3 Å². The molecule has 2 bridgehead atoms. The lowest BCUT2D eigenvalue weighted by Gasteiger charge is -2.48. The molecule has 33 heavy (non-hydrogen) atoms. The van der Waals surface area contributed by atoms with Crippen molar-refractivity contribution in [1.82, 2.24) is 14.9 Å². The Balaban J connectivity index is 1.45. The van der Waals surface area contributed by atoms with Crippen LogP contribution in [0.25, 0.3) is 0 Å². The Morgan fingerprint density at radius 1 is 1.12 bits per heavy atom. The summed E-state index contributed by atoms with van der Waals surface area (Å²) in [6, 6.07) is 9.26. The number of primary amides is 1. The molecular weight excluding hydrogens is 424 g/mol. The van der Waals surface area contributed by atoms with E-state index in [1.807, 2.05) is 51.1 Å². The highest BCUT2D eigenvalue weighted by atomic mass is 16.7. The van der Waals surface area contributed by atoms with Crippen LogP contribution >= 0.6 is 0 Å². The highest BCUT2D eigenvalue weighted by Crippen LogP contribution is 2.45. The molecule has 0 unspecified atom stereocenters. The van der Waals surface area contributed by atoms with Gasteiger partial charge in [-0.25, -0.2) is 9.59 Å². The number of amides is 4. The topological polar surface area (TPSA) is 105 Å². The average Bonchev–Trinajstić information content (AvgIpc) is 3.03. The molecule has 4 amide bonds. The number of likely N-dealkylation sites (tertiary alicyclic amines) is 1. The average molecular weight is 459 g/mol. The van der Waals surface area contributed by atoms with Crippen LogP contribution in [0.15, 0.2) is 30.3 Å². The molecule has 0 radical (unpaired) electrons. The minimum atomic E-state index is -1.06. The van der Waals surface area contributed by atoms with Gasteiger partial charge in [0, 0.05) is 19.6 Å². The van der Waals surface area contributed by atoms with Crippen molar-refractivity contribution in [3.8, 4) is 0 Å². The first-order chi connectivity index (χ1) is 15.6. The molecule has 0 spiro atoms. The smallest absolute Gasteiger partial charge is 0.410 e. The fraction of sp³-hybridized carbons (Fsp3) is 0.625. The van der Waals surface area contributed by atoms with E-state index in [9.17, 15) is 14.4 Å². The van der Waals surface area contributed by atoms with Crippen LogP contribution in [0.2, 0.25) is 0 Å². The van der Waals surface area contributed by atoms with Crippen LogP contribution in [0, 0.1) is 5.92 Å². The summed E-state index contributed by atoms with van der Waals surface area (Å²) >= 11 is 0. The van der Waals surface area contributed by atoms with Crippen LogP contribution in [-0.4, -0.2) is 69.7 Å². The number of urea groups is 1. The summed E-state index contributed by atoms with van der Waals surface area (Å²) in [5, 5.41) is 1.42. The van der Waals surface area contributed by atoms with Crippen molar-refractivity contribution in [2.24, 2.45) is 11.7 Å². The molecule has 0 saturated carbocycles. The van der Waals surface area contributed by atoms with Crippen molar-refractivity contribution in [2.75, 3.05) is 19.6 Å². The molecule has 3 saturated heterocycles. The van der Waals surface area contributed by atoms with Gasteiger partial charge in [0.05, 0.1) is 6.04 Å². The Morgan fingerprint density at radius 3 is 2.39 bits per heavy atom. The summed E-state index contributed by atoms with van der Waals surface area (Å²) in [5.41, 5.74) is 5.32. The van der Waals surface area contributed by atoms with Crippen LogP contribution in [0.3, 0.4) is 0 Å². The Hall–Kier alpha value is -2.81. The first-order valence-corrected chi connectivity index (χ1v) is 11.7. The predicted octanol–water partition coefficient (Wildman–Crippen LogP) is 2.89. The second-order valence-electron chi connectivity index (χ2n) is 10.2. The molecule has 9 heteroatoms. The molecule has 1 aromatic rings. The standard InChI is InChI=1S/C24H34N4O5/c1-23(2,3)33-22(31)26-13-10-18(11-14-26)24(20(25)29)12-9-19-15-27(24)21(30)28(19)32-16-17-7-5-4-6-8-17/h4-8,18-19H,9-16H2,1-3H3,(H2,25,29)/t19-,24+/m1/s1. The van der Waals surface area contributed by atoms with Gasteiger partial charge < -0.3 is 20.3 Å². The molecule has 1 aromatic carbocycles. The zero-order valence-corrected chi connectivity index (χ0v) is 19.7. The van der Waals surface area contributed by atoms with Crippen molar-refractivity contribution in [2.45, 2.75) is 70.2 Å². The Labute approximate surface area is 194 Å². The molecular formula is C24H34N4O5. The molecule has 9 nitrogen and oxygen atoms in total. The van der Waals surface area contributed by atoms with Gasteiger partial charge in [-0.1, -0.05) is 30.3 Å². The Morgan fingerprint density at radius 2 is 1.79 bits per heavy atom. The second-order valence-corrected chi connectivity index (χ2v) is 10.2. The van der Waals surface area contributed by atoms with Crippen LogP contribution in [-0.2, 0) is 21.0 Å². The first kappa shape index (κ1) is 23.4. The van der Waals surface area contributed by atoms with Gasteiger partial charge in [-0.05, 0) is 57.9 Å². The van der Waals surface area contributed by atoms with Gasteiger partial charge in [-0.2, -0.15) is 5.06 Å². The van der Waals surface area contributed by atoms with Crippen LogP contribution in [0.1, 0.15) is 52.0 Å². The maximum absolute atomic E-state index is 13.3. The summed E-state index contributed by atoms with van der Waals surface area (Å²) in [6.07, 6.45) is 1.96. The lowest BCUT2D eigenvalue weighted by molar-refractivity contribution is -0.141. The Kier molecular flexibility index (Phi) is 6.26. The van der Waals surface area contributed by atoms with E-state index in [1.165, 1.54) is 5.06 Å². The third-order valence-corrected chi connectivity index (χ3v) is 6.95. The number of hydrogen-bond donors (Lipinski definition) is 1. The third-order valence-electron chi connectivity index (χ3n) is 6.95. The number of fused-ring (bicyclic) bond motifs is 2. The second kappa shape index (κ2) is 8.85. The van der Waals surface area contributed by atoms with E-state index in [0.29, 0.717) is 45.3 Å². The number of nitrogens with two attached hydrogens (primary N) is 1. The number of hydrogen-bond acceptors (Lipinski definition) is 5. The zero-order valence-electron chi connectivity index (χ0n) is 19.7. The number of hydroxylamine groups is 2. The largest absolute Gasteiger partial charge is 0.444 e. The van der Waals surface area contributed by atoms with Crippen molar-refractivity contribution >= 4 is 18.0 Å². The Bertz CT molecular complexity index is 894. The van der Waals surface area contributed by atoms with E-state index in [1.54, 1.807) is 9.80 Å². The van der Waals surface area contributed by atoms with Crippen molar-refractivity contribution in [3.63, 3.8) is 0 Å². The summed E-state index contributed by atoms with van der Waals surface area (Å²) < 4.78 is 5.48. The number of benzene rings is 1. The molecule has 3 aliphatic rings. The maximum atomic E-state index is 13.3. The lowest BCUT2D eigenvalue weighted by Crippen LogP contribution is -2.65. The normalized spacial score (nSPS) is 26.0. The van der Waals surface area contributed by atoms with Crippen LogP contribution < -0.4 is 5.73 Å².